The Balaban J connectivity index is 2.37. The number of Topliss-reactive ketones (excluding diaryl/α,β-unsaturated/α-hetero) is 1. The van der Waals surface area contributed by atoms with Gasteiger partial charge in [0.2, 0.25) is 0 Å². The summed E-state index contributed by atoms with van der Waals surface area (Å²) in [5, 5.41) is 0.757. The predicted octanol–water partition coefficient (Wildman–Crippen LogP) is 3.87. The quantitative estimate of drug-likeness (QED) is 0.751. The van der Waals surface area contributed by atoms with Crippen LogP contribution in [-0.4, -0.2) is 12.4 Å². The Bertz CT molecular complexity index is 432. The lowest BCUT2D eigenvalue weighted by Crippen LogP contribution is -2.10. The van der Waals surface area contributed by atoms with Gasteiger partial charge in [-0.3, -0.25) is 4.79 Å². The summed E-state index contributed by atoms with van der Waals surface area (Å²) >= 11 is 11.9. The topological polar surface area (TPSA) is 26.3 Å². The van der Waals surface area contributed by atoms with Gasteiger partial charge in [0.15, 0.2) is 5.78 Å². The van der Waals surface area contributed by atoms with E-state index in [1.807, 2.05) is 0 Å². The smallest absolute Gasteiger partial charge is 0.195 e. The lowest BCUT2D eigenvalue weighted by atomic mass is 10.00. The van der Waals surface area contributed by atoms with Gasteiger partial charge in [0.25, 0.3) is 0 Å². The lowest BCUT2D eigenvalue weighted by molar-refractivity contribution is 0.101. The summed E-state index contributed by atoms with van der Waals surface area (Å²) in [4.78, 5) is 12.1. The monoisotopic (exact) mass is 256 g/mol. The molecule has 1 aromatic rings. The van der Waals surface area contributed by atoms with Crippen LogP contribution in [0.25, 0.3) is 0 Å². The van der Waals surface area contributed by atoms with Gasteiger partial charge >= 0.3 is 0 Å². The van der Waals surface area contributed by atoms with Crippen LogP contribution in [0.5, 0.6) is 0 Å². The number of carbonyl (C=O) groups is 1. The predicted molar refractivity (Wildman–Crippen MR) is 64.1 cm³/mol. The van der Waals surface area contributed by atoms with E-state index in [-0.39, 0.29) is 5.78 Å². The number of allylic oxidation sites excluding steroid dienone is 1. The molecule has 0 saturated carbocycles. The van der Waals surface area contributed by atoms with Crippen molar-refractivity contribution in [2.24, 2.45) is 0 Å². The Hall–Kier alpha value is -0.990. The number of ketones is 1. The molecule has 84 valence electrons. The zero-order valence-corrected chi connectivity index (χ0v) is 10.0. The first-order chi connectivity index (χ1) is 7.70. The molecule has 0 radical (unpaired) electrons. The van der Waals surface area contributed by atoms with Crippen LogP contribution in [0.1, 0.15) is 23.2 Å². The molecule has 0 atom stereocenters. The summed E-state index contributed by atoms with van der Waals surface area (Å²) in [6.45, 7) is 0.660. The second kappa shape index (κ2) is 4.89. The van der Waals surface area contributed by atoms with Crippen molar-refractivity contribution in [3.8, 4) is 0 Å². The zero-order valence-electron chi connectivity index (χ0n) is 8.50. The van der Waals surface area contributed by atoms with E-state index < -0.39 is 0 Å². The minimum absolute atomic E-state index is 0.143. The summed E-state index contributed by atoms with van der Waals surface area (Å²) < 4.78 is 5.14. The van der Waals surface area contributed by atoms with Crippen molar-refractivity contribution in [2.45, 2.75) is 12.8 Å². The van der Waals surface area contributed by atoms with E-state index >= 15 is 0 Å². The van der Waals surface area contributed by atoms with Crippen LogP contribution >= 0.6 is 23.2 Å². The molecule has 16 heavy (non-hydrogen) atoms. The highest BCUT2D eigenvalue weighted by atomic mass is 35.5. The number of carbonyl (C=O) groups excluding carboxylic acids is 1. The third kappa shape index (κ3) is 2.23. The summed E-state index contributed by atoms with van der Waals surface area (Å²) in [7, 11) is 0. The van der Waals surface area contributed by atoms with Gasteiger partial charge in [-0.25, -0.2) is 0 Å². The summed E-state index contributed by atoms with van der Waals surface area (Å²) in [6, 6.07) is 5.03. The molecule has 0 amide bonds. The third-order valence-corrected chi connectivity index (χ3v) is 3.05. The van der Waals surface area contributed by atoms with E-state index in [0.717, 1.165) is 6.42 Å². The molecule has 0 fully saturated rings. The Morgan fingerprint density at radius 2 is 1.94 bits per heavy atom. The number of hydrogen-bond donors (Lipinski definition) is 0. The fourth-order valence-electron chi connectivity index (χ4n) is 1.61. The molecule has 0 N–H and O–H groups in total. The molecule has 2 rings (SSSR count). The number of hydrogen-bond acceptors (Lipinski definition) is 2. The Morgan fingerprint density at radius 1 is 1.25 bits per heavy atom. The van der Waals surface area contributed by atoms with E-state index in [0.29, 0.717) is 34.2 Å². The van der Waals surface area contributed by atoms with Gasteiger partial charge in [0, 0.05) is 5.57 Å². The van der Waals surface area contributed by atoms with Gasteiger partial charge in [-0.05, 0) is 25.0 Å². The van der Waals surface area contributed by atoms with Crippen LogP contribution in [0.2, 0.25) is 10.0 Å². The standard InChI is InChI=1S/C12H10Cl2O2/c13-9-4-1-5-10(14)11(9)12(15)8-3-2-6-16-7-8/h1,4-5,7H,2-3,6H2. The van der Waals surface area contributed by atoms with E-state index in [1.165, 1.54) is 6.26 Å². The molecular formula is C12H10Cl2O2. The number of halogens is 2. The Labute approximate surface area is 104 Å². The molecule has 4 heteroatoms. The molecule has 1 aliphatic rings. The molecular weight excluding hydrogens is 247 g/mol. The lowest BCUT2D eigenvalue weighted by Gasteiger charge is -2.13. The zero-order chi connectivity index (χ0) is 11.5. The van der Waals surface area contributed by atoms with Crippen molar-refractivity contribution in [2.75, 3.05) is 6.61 Å². The molecule has 0 saturated heterocycles. The van der Waals surface area contributed by atoms with Crippen LogP contribution in [-0.2, 0) is 4.74 Å². The maximum absolute atomic E-state index is 12.1. The molecule has 0 aromatic heterocycles. The van der Waals surface area contributed by atoms with Crippen LogP contribution < -0.4 is 0 Å². The molecule has 0 aliphatic carbocycles. The molecule has 1 heterocycles. The summed E-state index contributed by atoms with van der Waals surface area (Å²) in [5.41, 5.74) is 0.990. The van der Waals surface area contributed by atoms with Crippen molar-refractivity contribution in [1.29, 1.82) is 0 Å². The van der Waals surface area contributed by atoms with Gasteiger partial charge in [-0.2, -0.15) is 0 Å². The first-order valence-corrected chi connectivity index (χ1v) is 5.75. The first-order valence-electron chi connectivity index (χ1n) is 4.99. The summed E-state index contributed by atoms with van der Waals surface area (Å²) in [6.07, 6.45) is 3.06. The van der Waals surface area contributed by atoms with Crippen molar-refractivity contribution in [1.82, 2.24) is 0 Å². The van der Waals surface area contributed by atoms with Crippen molar-refractivity contribution in [3.63, 3.8) is 0 Å². The SMILES string of the molecule is O=C(C1=COCCC1)c1c(Cl)cccc1Cl. The number of benzene rings is 1. The van der Waals surface area contributed by atoms with Crippen molar-refractivity contribution in [3.05, 3.63) is 45.6 Å². The minimum atomic E-state index is -0.143. The average Bonchev–Trinajstić information content (AvgIpc) is 2.30. The van der Waals surface area contributed by atoms with Crippen molar-refractivity contribution < 1.29 is 9.53 Å². The summed E-state index contributed by atoms with van der Waals surface area (Å²) in [5.74, 6) is -0.143. The molecule has 0 spiro atoms. The highest BCUT2D eigenvalue weighted by Gasteiger charge is 2.20. The van der Waals surface area contributed by atoms with E-state index in [4.69, 9.17) is 27.9 Å². The first kappa shape index (κ1) is 11.5. The fraction of sp³-hybridized carbons (Fsp3) is 0.250. The maximum Gasteiger partial charge on any atom is 0.195 e. The number of rotatable bonds is 2. The largest absolute Gasteiger partial charge is 0.501 e. The molecule has 0 unspecified atom stereocenters. The third-order valence-electron chi connectivity index (χ3n) is 2.42. The highest BCUT2D eigenvalue weighted by molar-refractivity contribution is 6.40. The van der Waals surface area contributed by atoms with E-state index in [9.17, 15) is 4.79 Å². The number of ether oxygens (including phenoxy) is 1. The van der Waals surface area contributed by atoms with Gasteiger partial charge in [0.05, 0.1) is 28.5 Å². The molecule has 1 aromatic carbocycles. The van der Waals surface area contributed by atoms with Crippen molar-refractivity contribution >= 4 is 29.0 Å². The molecule has 0 bridgehead atoms. The van der Waals surface area contributed by atoms with Crippen LogP contribution in [0.3, 0.4) is 0 Å². The molecule has 2 nitrogen and oxygen atoms in total. The second-order valence-corrected chi connectivity index (χ2v) is 4.36. The Kier molecular flexibility index (Phi) is 3.52. The average molecular weight is 257 g/mol. The van der Waals surface area contributed by atoms with Gasteiger partial charge in [-0.1, -0.05) is 29.3 Å². The van der Waals surface area contributed by atoms with Crippen LogP contribution in [0, 0.1) is 0 Å². The van der Waals surface area contributed by atoms with Gasteiger partial charge < -0.3 is 4.74 Å². The van der Waals surface area contributed by atoms with Gasteiger partial charge in [0.1, 0.15) is 0 Å². The van der Waals surface area contributed by atoms with E-state index in [1.54, 1.807) is 18.2 Å². The minimum Gasteiger partial charge on any atom is -0.501 e. The fourth-order valence-corrected chi connectivity index (χ4v) is 2.18. The maximum atomic E-state index is 12.1. The Morgan fingerprint density at radius 3 is 2.50 bits per heavy atom. The van der Waals surface area contributed by atoms with Crippen LogP contribution in [0.4, 0.5) is 0 Å². The highest BCUT2D eigenvalue weighted by Crippen LogP contribution is 2.28. The normalized spacial score (nSPS) is 15.2. The molecule has 1 aliphatic heterocycles. The van der Waals surface area contributed by atoms with Gasteiger partial charge in [-0.15, -0.1) is 0 Å². The second-order valence-electron chi connectivity index (χ2n) is 3.54. The van der Waals surface area contributed by atoms with E-state index in [2.05, 4.69) is 0 Å². The van der Waals surface area contributed by atoms with Crippen LogP contribution in [0.15, 0.2) is 30.0 Å².